The first kappa shape index (κ1) is 13.9. The maximum atomic E-state index is 9.63. The summed E-state index contributed by atoms with van der Waals surface area (Å²) in [5.74, 6) is 0.727. The lowest BCUT2D eigenvalue weighted by atomic mass is 10.0. The zero-order valence-corrected chi connectivity index (χ0v) is 10.8. The molecule has 1 aliphatic rings. The van der Waals surface area contributed by atoms with Gasteiger partial charge in [-0.05, 0) is 32.9 Å². The molecule has 0 heterocycles. The Hall–Kier alpha value is -0.160. The van der Waals surface area contributed by atoms with E-state index in [2.05, 4.69) is 17.3 Å². The molecule has 0 aromatic heterocycles. The minimum atomic E-state index is -0.371. The van der Waals surface area contributed by atoms with Gasteiger partial charge in [0.2, 0.25) is 0 Å². The number of nitrogens with zero attached hydrogens (tertiary/aromatic N) is 1. The molecule has 4 heteroatoms. The fourth-order valence-electron chi connectivity index (χ4n) is 2.72. The summed E-state index contributed by atoms with van der Waals surface area (Å²) < 4.78 is 4.93. The summed E-state index contributed by atoms with van der Waals surface area (Å²) in [5.41, 5.74) is 0. The van der Waals surface area contributed by atoms with Gasteiger partial charge in [0.05, 0.1) is 12.7 Å². The summed E-state index contributed by atoms with van der Waals surface area (Å²) in [5, 5.41) is 13.0. The molecule has 0 bridgehead atoms. The molecule has 16 heavy (non-hydrogen) atoms. The SMILES string of the molecule is CNC1CCCC1CN(C)CC(O)COC. The maximum Gasteiger partial charge on any atom is 0.0899 e. The van der Waals surface area contributed by atoms with Gasteiger partial charge in [-0.15, -0.1) is 0 Å². The number of ether oxygens (including phenoxy) is 1. The molecule has 1 aliphatic carbocycles. The Balaban J connectivity index is 2.24. The summed E-state index contributed by atoms with van der Waals surface area (Å²) in [6.45, 7) is 2.18. The first-order chi connectivity index (χ1) is 7.67. The van der Waals surface area contributed by atoms with Crippen molar-refractivity contribution in [2.75, 3.05) is 40.9 Å². The Kier molecular flexibility index (Phi) is 6.28. The largest absolute Gasteiger partial charge is 0.389 e. The van der Waals surface area contributed by atoms with Crippen LogP contribution < -0.4 is 5.32 Å². The molecule has 96 valence electrons. The highest BCUT2D eigenvalue weighted by atomic mass is 16.5. The highest BCUT2D eigenvalue weighted by molar-refractivity contribution is 4.84. The van der Waals surface area contributed by atoms with Gasteiger partial charge in [-0.2, -0.15) is 0 Å². The first-order valence-corrected chi connectivity index (χ1v) is 6.20. The Bertz CT molecular complexity index is 190. The average Bonchev–Trinajstić information content (AvgIpc) is 2.65. The van der Waals surface area contributed by atoms with E-state index in [1.54, 1.807) is 7.11 Å². The summed E-state index contributed by atoms with van der Waals surface area (Å²) >= 11 is 0. The number of rotatable bonds is 7. The predicted octanol–water partition coefficient (Wildman–Crippen LogP) is 0.314. The second-order valence-electron chi connectivity index (χ2n) is 4.92. The van der Waals surface area contributed by atoms with Gasteiger partial charge in [0.1, 0.15) is 0 Å². The molecule has 0 aliphatic heterocycles. The van der Waals surface area contributed by atoms with Crippen molar-refractivity contribution in [2.24, 2.45) is 5.92 Å². The van der Waals surface area contributed by atoms with Gasteiger partial charge in [0.15, 0.2) is 0 Å². The summed E-state index contributed by atoms with van der Waals surface area (Å²) in [4.78, 5) is 2.21. The van der Waals surface area contributed by atoms with E-state index in [1.807, 2.05) is 7.05 Å². The van der Waals surface area contributed by atoms with Crippen molar-refractivity contribution < 1.29 is 9.84 Å². The molecule has 0 aromatic carbocycles. The lowest BCUT2D eigenvalue weighted by Crippen LogP contribution is -2.39. The smallest absolute Gasteiger partial charge is 0.0899 e. The summed E-state index contributed by atoms with van der Waals surface area (Å²) in [6.07, 6.45) is 3.54. The van der Waals surface area contributed by atoms with Crippen LogP contribution in [0, 0.1) is 5.92 Å². The fourth-order valence-corrected chi connectivity index (χ4v) is 2.72. The van der Waals surface area contributed by atoms with E-state index in [0.29, 0.717) is 19.2 Å². The molecule has 1 saturated carbocycles. The summed E-state index contributed by atoms with van der Waals surface area (Å²) in [6, 6.07) is 0.655. The second-order valence-corrected chi connectivity index (χ2v) is 4.92. The second kappa shape index (κ2) is 7.22. The van der Waals surface area contributed by atoms with E-state index >= 15 is 0 Å². The van der Waals surface area contributed by atoms with Crippen molar-refractivity contribution in [3.63, 3.8) is 0 Å². The standard InChI is InChI=1S/C12H26N2O2/c1-13-12-6-4-5-10(12)7-14(2)8-11(15)9-16-3/h10-13,15H,4-9H2,1-3H3. The van der Waals surface area contributed by atoms with Crippen LogP contribution >= 0.6 is 0 Å². The van der Waals surface area contributed by atoms with Crippen LogP contribution in [0.2, 0.25) is 0 Å². The lowest BCUT2D eigenvalue weighted by Gasteiger charge is -2.26. The van der Waals surface area contributed by atoms with Gasteiger partial charge in [-0.25, -0.2) is 0 Å². The lowest BCUT2D eigenvalue weighted by molar-refractivity contribution is 0.0398. The van der Waals surface area contributed by atoms with Crippen molar-refractivity contribution in [3.8, 4) is 0 Å². The molecule has 0 aromatic rings. The zero-order chi connectivity index (χ0) is 12.0. The normalized spacial score (nSPS) is 27.6. The topological polar surface area (TPSA) is 44.7 Å². The van der Waals surface area contributed by atoms with Crippen LogP contribution in [0.5, 0.6) is 0 Å². The van der Waals surface area contributed by atoms with Gasteiger partial charge in [-0.1, -0.05) is 6.42 Å². The third-order valence-electron chi connectivity index (χ3n) is 3.46. The molecular weight excluding hydrogens is 204 g/mol. The molecule has 0 radical (unpaired) electrons. The van der Waals surface area contributed by atoms with E-state index in [4.69, 9.17) is 4.74 Å². The third-order valence-corrected chi connectivity index (χ3v) is 3.46. The van der Waals surface area contributed by atoms with E-state index in [9.17, 15) is 5.11 Å². The Morgan fingerprint density at radius 2 is 2.25 bits per heavy atom. The Morgan fingerprint density at radius 3 is 2.88 bits per heavy atom. The van der Waals surface area contributed by atoms with E-state index in [-0.39, 0.29) is 6.10 Å². The highest BCUT2D eigenvalue weighted by Gasteiger charge is 2.26. The van der Waals surface area contributed by atoms with Crippen LogP contribution in [0.4, 0.5) is 0 Å². The van der Waals surface area contributed by atoms with Crippen molar-refractivity contribution in [1.29, 1.82) is 0 Å². The Labute approximate surface area is 99.0 Å². The molecule has 3 atom stereocenters. The van der Waals surface area contributed by atoms with Gasteiger partial charge in [0.25, 0.3) is 0 Å². The van der Waals surface area contributed by atoms with Crippen LogP contribution in [0.1, 0.15) is 19.3 Å². The summed E-state index contributed by atoms with van der Waals surface area (Å²) in [7, 11) is 5.74. The van der Waals surface area contributed by atoms with Crippen molar-refractivity contribution >= 4 is 0 Å². The van der Waals surface area contributed by atoms with Gasteiger partial charge < -0.3 is 20.1 Å². The minimum absolute atomic E-state index is 0.371. The van der Waals surface area contributed by atoms with E-state index in [0.717, 1.165) is 12.5 Å². The molecule has 2 N–H and O–H groups in total. The number of nitrogens with one attached hydrogen (secondary N) is 1. The molecule has 0 amide bonds. The van der Waals surface area contributed by atoms with E-state index < -0.39 is 0 Å². The van der Waals surface area contributed by atoms with Gasteiger partial charge in [0, 0.05) is 26.2 Å². The quantitative estimate of drug-likeness (QED) is 0.661. The third kappa shape index (κ3) is 4.37. The van der Waals surface area contributed by atoms with Crippen LogP contribution in [-0.2, 0) is 4.74 Å². The van der Waals surface area contributed by atoms with Crippen molar-refractivity contribution in [1.82, 2.24) is 10.2 Å². The van der Waals surface area contributed by atoms with Crippen molar-refractivity contribution in [2.45, 2.75) is 31.4 Å². The number of aliphatic hydroxyl groups excluding tert-OH is 1. The molecule has 0 spiro atoms. The van der Waals surface area contributed by atoms with Crippen molar-refractivity contribution in [3.05, 3.63) is 0 Å². The molecule has 3 unspecified atom stereocenters. The van der Waals surface area contributed by atoms with Gasteiger partial charge >= 0.3 is 0 Å². The molecule has 1 rings (SSSR count). The molecule has 0 saturated heterocycles. The first-order valence-electron chi connectivity index (χ1n) is 6.20. The predicted molar refractivity (Wildman–Crippen MR) is 65.6 cm³/mol. The number of hydrogen-bond acceptors (Lipinski definition) is 4. The minimum Gasteiger partial charge on any atom is -0.389 e. The average molecular weight is 230 g/mol. The van der Waals surface area contributed by atoms with Crippen LogP contribution in [-0.4, -0.2) is 63.1 Å². The van der Waals surface area contributed by atoms with Crippen LogP contribution in [0.25, 0.3) is 0 Å². The maximum absolute atomic E-state index is 9.63. The number of aliphatic hydroxyl groups is 1. The van der Waals surface area contributed by atoms with Crippen LogP contribution in [0.3, 0.4) is 0 Å². The molecule has 4 nitrogen and oxygen atoms in total. The zero-order valence-electron chi connectivity index (χ0n) is 10.8. The molecular formula is C12H26N2O2. The Morgan fingerprint density at radius 1 is 1.50 bits per heavy atom. The van der Waals surface area contributed by atoms with Gasteiger partial charge in [-0.3, -0.25) is 0 Å². The van der Waals surface area contributed by atoms with Crippen LogP contribution in [0.15, 0.2) is 0 Å². The monoisotopic (exact) mass is 230 g/mol. The number of likely N-dealkylation sites (N-methyl/N-ethyl adjacent to an activating group) is 1. The fraction of sp³-hybridized carbons (Fsp3) is 1.00. The number of hydrogen-bond donors (Lipinski definition) is 2. The highest BCUT2D eigenvalue weighted by Crippen LogP contribution is 2.25. The van der Waals surface area contributed by atoms with E-state index in [1.165, 1.54) is 19.3 Å². The number of methoxy groups -OCH3 is 1. The molecule has 1 fully saturated rings.